The van der Waals surface area contributed by atoms with Gasteiger partial charge in [0.1, 0.15) is 16.7 Å². The minimum absolute atomic E-state index is 0.0431. The number of carbonyl (C=O) groups excluding carboxylic acids is 3. The lowest BCUT2D eigenvalue weighted by Gasteiger charge is -2.41. The molecule has 172 valence electrons. The van der Waals surface area contributed by atoms with Crippen LogP contribution in [0.1, 0.15) is 19.8 Å². The average Bonchev–Trinajstić information content (AvgIpc) is 3.46. The van der Waals surface area contributed by atoms with Crippen LogP contribution in [0.4, 0.5) is 24.7 Å². The summed E-state index contributed by atoms with van der Waals surface area (Å²) >= 11 is 0. The van der Waals surface area contributed by atoms with E-state index < -0.39 is 35.4 Å². The Morgan fingerprint density at radius 2 is 1.91 bits per heavy atom. The number of nitrogen functional groups attached to an aromatic ring is 1. The molecule has 2 aliphatic rings. The summed E-state index contributed by atoms with van der Waals surface area (Å²) < 4.78 is 41.4. The summed E-state index contributed by atoms with van der Waals surface area (Å²) in [7, 11) is 1.66. The first kappa shape index (κ1) is 21.8. The lowest BCUT2D eigenvalue weighted by molar-refractivity contribution is -0.201. The van der Waals surface area contributed by atoms with E-state index in [9.17, 15) is 27.6 Å². The molecule has 2 aromatic rings. The van der Waals surface area contributed by atoms with Gasteiger partial charge in [-0.3, -0.25) is 19.1 Å². The highest BCUT2D eigenvalue weighted by Gasteiger charge is 2.69. The zero-order valence-corrected chi connectivity index (χ0v) is 17.4. The van der Waals surface area contributed by atoms with E-state index in [1.807, 2.05) is 0 Å². The van der Waals surface area contributed by atoms with E-state index in [4.69, 9.17) is 5.73 Å². The predicted octanol–water partition coefficient (Wildman–Crippen LogP) is 0.891. The monoisotopic (exact) mass is 453 g/mol. The van der Waals surface area contributed by atoms with Gasteiger partial charge in [-0.05, 0) is 19.8 Å². The van der Waals surface area contributed by atoms with Crippen LogP contribution >= 0.6 is 0 Å². The average molecular weight is 453 g/mol. The normalized spacial score (nSPS) is 20.3. The van der Waals surface area contributed by atoms with E-state index in [0.29, 0.717) is 10.9 Å². The molecule has 1 atom stereocenters. The first-order valence-electron chi connectivity index (χ1n) is 10.0. The Kier molecular flexibility index (Phi) is 5.01. The van der Waals surface area contributed by atoms with Gasteiger partial charge in [0.2, 0.25) is 5.91 Å². The second kappa shape index (κ2) is 7.35. The van der Waals surface area contributed by atoms with E-state index in [1.165, 1.54) is 22.0 Å². The number of hydrogen-bond acceptors (Lipinski definition) is 6. The number of aromatic nitrogens is 3. The summed E-state index contributed by atoms with van der Waals surface area (Å²) in [6, 6.07) is -0.656. The fourth-order valence-electron chi connectivity index (χ4n) is 4.08. The van der Waals surface area contributed by atoms with E-state index in [1.54, 1.807) is 14.0 Å². The molecular weight excluding hydrogens is 431 g/mol. The third-order valence-corrected chi connectivity index (χ3v) is 6.12. The molecule has 1 aliphatic carbocycles. The van der Waals surface area contributed by atoms with Crippen LogP contribution in [0.15, 0.2) is 12.4 Å². The minimum atomic E-state index is -4.60. The number of piperazine rings is 1. The Morgan fingerprint density at radius 1 is 1.22 bits per heavy atom. The topological polar surface area (TPSA) is 126 Å². The highest BCUT2D eigenvalue weighted by atomic mass is 19.4. The molecule has 32 heavy (non-hydrogen) atoms. The number of rotatable bonds is 2. The fourth-order valence-corrected chi connectivity index (χ4v) is 4.08. The molecule has 2 fully saturated rings. The predicted molar refractivity (Wildman–Crippen MR) is 107 cm³/mol. The smallest absolute Gasteiger partial charge is 0.382 e. The van der Waals surface area contributed by atoms with Crippen molar-refractivity contribution in [2.24, 2.45) is 12.5 Å². The molecule has 1 saturated heterocycles. The number of aryl methyl sites for hydroxylation is 1. The summed E-state index contributed by atoms with van der Waals surface area (Å²) in [5.41, 5.74) is 4.27. The second-order valence-electron chi connectivity index (χ2n) is 8.22. The first-order chi connectivity index (χ1) is 15.0. The number of carbonyl (C=O) groups is 3. The Hall–Kier alpha value is -3.38. The van der Waals surface area contributed by atoms with E-state index in [0.717, 1.165) is 4.90 Å². The lowest BCUT2D eigenvalue weighted by Crippen LogP contribution is -2.59. The molecule has 1 unspecified atom stereocenters. The van der Waals surface area contributed by atoms with Gasteiger partial charge in [-0.15, -0.1) is 0 Å². The van der Waals surface area contributed by atoms with Crippen LogP contribution in [-0.4, -0.2) is 74.1 Å². The number of halogens is 3. The van der Waals surface area contributed by atoms with Gasteiger partial charge in [0, 0.05) is 38.1 Å². The van der Waals surface area contributed by atoms with E-state index in [2.05, 4.69) is 15.4 Å². The maximum atomic E-state index is 13.3. The van der Waals surface area contributed by atoms with Crippen molar-refractivity contribution in [3.05, 3.63) is 12.4 Å². The Bertz CT molecular complexity index is 1110. The van der Waals surface area contributed by atoms with Crippen molar-refractivity contribution in [1.29, 1.82) is 0 Å². The van der Waals surface area contributed by atoms with Crippen molar-refractivity contribution in [3.8, 4) is 0 Å². The fraction of sp³-hybridized carbons (Fsp3) is 0.526. The minimum Gasteiger partial charge on any atom is -0.382 e. The number of nitrogens with two attached hydrogens (primary N) is 1. The van der Waals surface area contributed by atoms with E-state index in [-0.39, 0.29) is 44.0 Å². The van der Waals surface area contributed by atoms with Gasteiger partial charge in [-0.25, -0.2) is 4.98 Å². The third kappa shape index (κ3) is 3.41. The van der Waals surface area contributed by atoms with Crippen molar-refractivity contribution in [3.63, 3.8) is 0 Å². The van der Waals surface area contributed by atoms with Crippen molar-refractivity contribution in [1.82, 2.24) is 24.6 Å². The van der Waals surface area contributed by atoms with Crippen LogP contribution in [0.5, 0.6) is 0 Å². The molecule has 3 N–H and O–H groups in total. The molecule has 10 nitrogen and oxygen atoms in total. The molecule has 1 aliphatic heterocycles. The highest BCUT2D eigenvalue weighted by Crippen LogP contribution is 2.58. The molecule has 0 bridgehead atoms. The molecule has 0 radical (unpaired) electrons. The van der Waals surface area contributed by atoms with Gasteiger partial charge >= 0.3 is 18.0 Å². The molecule has 3 heterocycles. The highest BCUT2D eigenvalue weighted by molar-refractivity contribution is 6.40. The van der Waals surface area contributed by atoms with Crippen molar-refractivity contribution >= 4 is 40.1 Å². The van der Waals surface area contributed by atoms with Crippen LogP contribution in [-0.2, 0) is 21.4 Å². The number of hydrogen-bond donors (Lipinski definition) is 2. The van der Waals surface area contributed by atoms with Gasteiger partial charge in [-0.1, -0.05) is 0 Å². The summed E-state index contributed by atoms with van der Waals surface area (Å²) in [6.07, 6.45) is -2.24. The number of amides is 3. The quantitative estimate of drug-likeness (QED) is 0.651. The van der Waals surface area contributed by atoms with Crippen LogP contribution < -0.4 is 11.1 Å². The summed E-state index contributed by atoms with van der Waals surface area (Å²) in [6.45, 7) is 1.39. The van der Waals surface area contributed by atoms with Crippen LogP contribution in [0.25, 0.3) is 10.9 Å². The molecule has 13 heteroatoms. The first-order valence-corrected chi connectivity index (χ1v) is 10.0. The molecule has 3 amide bonds. The molecule has 4 rings (SSSR count). The van der Waals surface area contributed by atoms with Gasteiger partial charge in [0.25, 0.3) is 0 Å². The van der Waals surface area contributed by atoms with Gasteiger partial charge in [0.05, 0.1) is 18.1 Å². The van der Waals surface area contributed by atoms with Crippen molar-refractivity contribution in [2.75, 3.05) is 30.7 Å². The van der Waals surface area contributed by atoms with Crippen LogP contribution in [0, 0.1) is 5.41 Å². The summed E-state index contributed by atoms with van der Waals surface area (Å²) in [4.78, 5) is 44.1. The Labute approximate surface area is 180 Å². The third-order valence-electron chi connectivity index (χ3n) is 6.12. The van der Waals surface area contributed by atoms with Crippen LogP contribution in [0.3, 0.4) is 0 Å². The van der Waals surface area contributed by atoms with Gasteiger partial charge in [-0.2, -0.15) is 18.3 Å². The van der Waals surface area contributed by atoms with Gasteiger partial charge in [0.15, 0.2) is 0 Å². The largest absolute Gasteiger partial charge is 0.403 e. The zero-order chi connectivity index (χ0) is 23.4. The molecule has 0 spiro atoms. The molecule has 2 aromatic heterocycles. The van der Waals surface area contributed by atoms with Crippen LogP contribution in [0.2, 0.25) is 0 Å². The lowest BCUT2D eigenvalue weighted by atomic mass is 10.0. The second-order valence-corrected chi connectivity index (χ2v) is 8.22. The van der Waals surface area contributed by atoms with Crippen molar-refractivity contribution in [2.45, 2.75) is 32.0 Å². The number of nitrogens with one attached hydrogen (secondary N) is 1. The maximum Gasteiger partial charge on any atom is 0.403 e. The Balaban J connectivity index is 1.43. The number of nitrogens with zero attached hydrogens (tertiary/aromatic N) is 5. The summed E-state index contributed by atoms with van der Waals surface area (Å²) in [5, 5.41) is 7.07. The number of alkyl halides is 3. The SMILES string of the molecule is CC1CN(C(=O)C(=O)Nc2cnc(N)c3c2cnn3C)CCN1C(=O)C1(C(F)(F)F)CC1. The Morgan fingerprint density at radius 3 is 2.50 bits per heavy atom. The standard InChI is InChI=1S/C19H22F3N7O3/c1-10-9-28(5-6-29(10)17(32)18(3-4-18)19(20,21)22)16(31)15(30)26-12-8-24-14(23)13-11(12)7-25-27(13)2/h7-8,10H,3-6,9H2,1-2H3,(H2,23,24)(H,26,30). The number of pyridine rings is 1. The van der Waals surface area contributed by atoms with Crippen molar-refractivity contribution < 1.29 is 27.6 Å². The number of fused-ring (bicyclic) bond motifs is 1. The molecule has 1 saturated carbocycles. The van der Waals surface area contributed by atoms with Gasteiger partial charge < -0.3 is 20.9 Å². The maximum absolute atomic E-state index is 13.3. The summed E-state index contributed by atoms with van der Waals surface area (Å²) in [5.74, 6) is -2.52. The number of anilines is 2. The molecule has 0 aromatic carbocycles. The van der Waals surface area contributed by atoms with E-state index >= 15 is 0 Å². The zero-order valence-electron chi connectivity index (χ0n) is 17.4. The molecular formula is C19H22F3N7O3.